The molecule has 0 aliphatic heterocycles. The Morgan fingerprint density at radius 1 is 0.919 bits per heavy atom. The summed E-state index contributed by atoms with van der Waals surface area (Å²) in [5, 5.41) is 2.79. The van der Waals surface area contributed by atoms with E-state index in [1.54, 1.807) is 0 Å². The maximum atomic E-state index is 15.3. The van der Waals surface area contributed by atoms with Gasteiger partial charge in [0.05, 0.1) is 16.9 Å². The molecule has 0 aromatic carbocycles. The van der Waals surface area contributed by atoms with Crippen molar-refractivity contribution in [3.05, 3.63) is 0 Å². The van der Waals surface area contributed by atoms with Crippen LogP contribution in [0.1, 0.15) is 104 Å². The number of sulfone groups is 1. The number of nitrogens with one attached hydrogen (secondary N) is 1. The molecule has 0 radical (unpaired) electrons. The second-order valence-corrected chi connectivity index (χ2v) is 15.1. The fraction of sp³-hybridized carbons (Fsp3) is 0.931. The highest BCUT2D eigenvalue weighted by Crippen LogP contribution is 2.37. The van der Waals surface area contributed by atoms with Gasteiger partial charge in [-0.05, 0) is 94.8 Å². The van der Waals surface area contributed by atoms with Crippen LogP contribution in [0.15, 0.2) is 0 Å². The summed E-state index contributed by atoms with van der Waals surface area (Å²) in [6.07, 6.45) is 8.68. The Bertz CT molecular complexity index is 900. The van der Waals surface area contributed by atoms with Crippen molar-refractivity contribution in [2.45, 2.75) is 128 Å². The standard InChI is InChI=1S/C29H49FN2O4S/c1-4-32(27-7-5-6-19(2)20(27)3)29(34)25-15-12-23(17-26(25)30)31-28(33)16-21-10-13-24(14-11-21)37(35,36)18-22-8-9-22/h19-27H,4-18H2,1-3H3,(H,31,33). The number of hydrogen-bond acceptors (Lipinski definition) is 4. The van der Waals surface area contributed by atoms with E-state index in [9.17, 15) is 18.0 Å². The molecule has 0 heterocycles. The second-order valence-electron chi connectivity index (χ2n) is 12.8. The van der Waals surface area contributed by atoms with E-state index in [4.69, 9.17) is 0 Å². The van der Waals surface area contributed by atoms with Gasteiger partial charge < -0.3 is 10.2 Å². The van der Waals surface area contributed by atoms with Gasteiger partial charge in [-0.3, -0.25) is 9.59 Å². The zero-order valence-electron chi connectivity index (χ0n) is 23.2. The molecule has 37 heavy (non-hydrogen) atoms. The van der Waals surface area contributed by atoms with E-state index >= 15 is 4.39 Å². The molecule has 6 nitrogen and oxygen atoms in total. The van der Waals surface area contributed by atoms with Crippen LogP contribution >= 0.6 is 0 Å². The van der Waals surface area contributed by atoms with Gasteiger partial charge in [0.25, 0.3) is 0 Å². The van der Waals surface area contributed by atoms with E-state index in [0.29, 0.717) is 62.2 Å². The fourth-order valence-corrected chi connectivity index (χ4v) is 9.53. The SMILES string of the molecule is CCN(C(=O)C1CCC(NC(=O)CC2CCC(S(=O)(=O)CC3CC3)CC2)CC1F)C1CCCC(C)C1C. The van der Waals surface area contributed by atoms with E-state index in [0.717, 1.165) is 38.5 Å². The summed E-state index contributed by atoms with van der Waals surface area (Å²) in [5.41, 5.74) is 0. The van der Waals surface area contributed by atoms with Crippen LogP contribution < -0.4 is 5.32 Å². The number of carbonyl (C=O) groups is 2. The van der Waals surface area contributed by atoms with E-state index in [1.807, 2.05) is 11.8 Å². The summed E-state index contributed by atoms with van der Waals surface area (Å²) in [4.78, 5) is 28.1. The molecule has 4 aliphatic rings. The van der Waals surface area contributed by atoms with Gasteiger partial charge in [0.1, 0.15) is 6.17 Å². The third-order valence-electron chi connectivity index (χ3n) is 10.1. The Morgan fingerprint density at radius 2 is 1.59 bits per heavy atom. The predicted molar refractivity (Wildman–Crippen MR) is 144 cm³/mol. The number of alkyl halides is 1. The Morgan fingerprint density at radius 3 is 2.22 bits per heavy atom. The third kappa shape index (κ3) is 7.27. The molecule has 2 amide bonds. The molecule has 0 aromatic heterocycles. The Balaban J connectivity index is 1.21. The predicted octanol–water partition coefficient (Wildman–Crippen LogP) is 5.06. The van der Waals surface area contributed by atoms with Crippen molar-refractivity contribution in [3.63, 3.8) is 0 Å². The molecule has 0 aromatic rings. The second kappa shape index (κ2) is 12.3. The zero-order valence-corrected chi connectivity index (χ0v) is 24.0. The van der Waals surface area contributed by atoms with Crippen LogP contribution in [-0.4, -0.2) is 60.9 Å². The number of amides is 2. The van der Waals surface area contributed by atoms with Crippen molar-refractivity contribution in [2.24, 2.45) is 29.6 Å². The first kappa shape index (κ1) is 28.8. The van der Waals surface area contributed by atoms with Crippen molar-refractivity contribution in [3.8, 4) is 0 Å². The smallest absolute Gasteiger partial charge is 0.228 e. The minimum atomic E-state index is -3.01. The van der Waals surface area contributed by atoms with E-state index in [2.05, 4.69) is 19.2 Å². The molecule has 0 bridgehead atoms. The van der Waals surface area contributed by atoms with Gasteiger partial charge in [0.15, 0.2) is 9.84 Å². The molecule has 6 unspecified atom stereocenters. The molecule has 1 N–H and O–H groups in total. The summed E-state index contributed by atoms with van der Waals surface area (Å²) in [5.74, 6) is 1.21. The maximum absolute atomic E-state index is 15.3. The largest absolute Gasteiger partial charge is 0.353 e. The fourth-order valence-electron chi connectivity index (χ4n) is 7.28. The molecule has 4 aliphatic carbocycles. The van der Waals surface area contributed by atoms with Crippen molar-refractivity contribution in [1.82, 2.24) is 10.2 Å². The summed E-state index contributed by atoms with van der Waals surface area (Å²) in [6, 6.07) is -0.0322. The first-order valence-corrected chi connectivity index (χ1v) is 16.8. The zero-order chi connectivity index (χ0) is 26.7. The van der Waals surface area contributed by atoms with E-state index in [-0.39, 0.29) is 41.5 Å². The number of carbonyl (C=O) groups excluding carboxylic acids is 2. The first-order valence-electron chi connectivity index (χ1n) is 15.0. The lowest BCUT2D eigenvalue weighted by molar-refractivity contribution is -0.143. The Hall–Kier alpha value is -1.18. The molecule has 6 atom stereocenters. The molecule has 8 heteroatoms. The number of nitrogens with zero attached hydrogens (tertiary/aromatic N) is 1. The van der Waals surface area contributed by atoms with Crippen molar-refractivity contribution < 1.29 is 22.4 Å². The lowest BCUT2D eigenvalue weighted by atomic mass is 9.76. The normalized spacial score (nSPS) is 37.1. The molecular weight excluding hydrogens is 491 g/mol. The highest BCUT2D eigenvalue weighted by molar-refractivity contribution is 7.92. The molecule has 0 saturated heterocycles. The molecule has 4 fully saturated rings. The van der Waals surface area contributed by atoms with Crippen molar-refractivity contribution >= 4 is 21.7 Å². The van der Waals surface area contributed by atoms with Gasteiger partial charge in [-0.1, -0.05) is 26.7 Å². The topological polar surface area (TPSA) is 83.6 Å². The third-order valence-corrected chi connectivity index (χ3v) is 12.5. The highest BCUT2D eigenvalue weighted by Gasteiger charge is 2.42. The highest BCUT2D eigenvalue weighted by atomic mass is 32.2. The van der Waals surface area contributed by atoms with Gasteiger partial charge in [0.2, 0.25) is 11.8 Å². The van der Waals surface area contributed by atoms with Crippen LogP contribution in [0.4, 0.5) is 4.39 Å². The van der Waals surface area contributed by atoms with Crippen molar-refractivity contribution in [1.29, 1.82) is 0 Å². The number of halogens is 1. The molecule has 4 saturated carbocycles. The van der Waals surface area contributed by atoms with Crippen LogP contribution in [0.25, 0.3) is 0 Å². The monoisotopic (exact) mass is 540 g/mol. The lowest BCUT2D eigenvalue weighted by Gasteiger charge is -2.43. The molecule has 212 valence electrons. The van der Waals surface area contributed by atoms with Gasteiger partial charge in [0, 0.05) is 25.0 Å². The lowest BCUT2D eigenvalue weighted by Crippen LogP contribution is -2.52. The maximum Gasteiger partial charge on any atom is 0.228 e. The van der Waals surface area contributed by atoms with Gasteiger partial charge in [-0.2, -0.15) is 0 Å². The van der Waals surface area contributed by atoms with Crippen LogP contribution in [0.5, 0.6) is 0 Å². The van der Waals surface area contributed by atoms with Crippen LogP contribution in [0.2, 0.25) is 0 Å². The average Bonchev–Trinajstić information content (AvgIpc) is 3.66. The first-order chi connectivity index (χ1) is 17.6. The van der Waals surface area contributed by atoms with Crippen LogP contribution in [-0.2, 0) is 19.4 Å². The van der Waals surface area contributed by atoms with Gasteiger partial charge in [-0.15, -0.1) is 0 Å². The Labute approximate surface area is 223 Å². The minimum absolute atomic E-state index is 0.0425. The summed E-state index contributed by atoms with van der Waals surface area (Å²) in [6.45, 7) is 7.10. The minimum Gasteiger partial charge on any atom is -0.353 e. The summed E-state index contributed by atoms with van der Waals surface area (Å²) in [7, 11) is -3.01. The van der Waals surface area contributed by atoms with Crippen molar-refractivity contribution in [2.75, 3.05) is 12.3 Å². The van der Waals surface area contributed by atoms with Gasteiger partial charge >= 0.3 is 0 Å². The molecule has 4 rings (SSSR count). The average molecular weight is 541 g/mol. The molecule has 0 spiro atoms. The Kier molecular flexibility index (Phi) is 9.61. The van der Waals surface area contributed by atoms with Crippen LogP contribution in [0.3, 0.4) is 0 Å². The van der Waals surface area contributed by atoms with E-state index < -0.39 is 21.9 Å². The summed E-state index contributed by atoms with van der Waals surface area (Å²) >= 11 is 0. The van der Waals surface area contributed by atoms with E-state index in [1.165, 1.54) is 6.42 Å². The van der Waals surface area contributed by atoms with Crippen LogP contribution in [0, 0.1) is 29.6 Å². The quantitative estimate of drug-likeness (QED) is 0.443. The molecular formula is C29H49FN2O4S. The number of rotatable bonds is 9. The van der Waals surface area contributed by atoms with Gasteiger partial charge in [-0.25, -0.2) is 12.8 Å². The number of hydrogen-bond donors (Lipinski definition) is 1. The summed E-state index contributed by atoms with van der Waals surface area (Å²) < 4.78 is 40.4.